The molecule has 0 unspecified atom stereocenters. The van der Waals surface area contributed by atoms with Gasteiger partial charge >= 0.3 is 0 Å². The first-order valence-electron chi connectivity index (χ1n) is 7.67. The number of fused-ring (bicyclic) bond motifs is 1. The van der Waals surface area contributed by atoms with Crippen molar-refractivity contribution in [3.8, 4) is 6.07 Å². The van der Waals surface area contributed by atoms with E-state index in [1.165, 1.54) is 4.52 Å². The maximum atomic E-state index is 12.6. The third-order valence-electron chi connectivity index (χ3n) is 3.87. The van der Waals surface area contributed by atoms with Crippen LogP contribution in [0.4, 0.5) is 0 Å². The molecule has 2 aromatic rings. The zero-order chi connectivity index (χ0) is 15.4. The number of nitrogens with one attached hydrogen (secondary N) is 1. The molecule has 0 fully saturated rings. The molecule has 5 nitrogen and oxygen atoms in total. The van der Waals surface area contributed by atoms with Gasteiger partial charge in [-0.15, -0.1) is 0 Å². The highest BCUT2D eigenvalue weighted by Gasteiger charge is 2.17. The summed E-state index contributed by atoms with van der Waals surface area (Å²) in [6.45, 7) is 6.06. The molecule has 0 atom stereocenters. The summed E-state index contributed by atoms with van der Waals surface area (Å²) in [5, 5.41) is 13.8. The molecular formula is C16H22N4O. The number of nitriles is 1. The van der Waals surface area contributed by atoms with E-state index in [-0.39, 0.29) is 5.56 Å². The second-order valence-electron chi connectivity index (χ2n) is 5.43. The number of H-pyrrole nitrogens is 1. The van der Waals surface area contributed by atoms with Crippen LogP contribution < -0.4 is 5.56 Å². The molecule has 0 aromatic carbocycles. The first kappa shape index (κ1) is 15.3. The third kappa shape index (κ3) is 2.85. The van der Waals surface area contributed by atoms with E-state index < -0.39 is 0 Å². The molecule has 0 radical (unpaired) electrons. The third-order valence-corrected chi connectivity index (χ3v) is 3.87. The van der Waals surface area contributed by atoms with E-state index in [9.17, 15) is 10.1 Å². The van der Waals surface area contributed by atoms with Crippen molar-refractivity contribution in [3.05, 3.63) is 32.9 Å². The largest absolute Gasteiger partial charge is 0.326 e. The summed E-state index contributed by atoms with van der Waals surface area (Å²) >= 11 is 0. The molecule has 0 aliphatic rings. The van der Waals surface area contributed by atoms with Gasteiger partial charge in [0.05, 0.1) is 5.56 Å². The van der Waals surface area contributed by atoms with Crippen molar-refractivity contribution in [3.63, 3.8) is 0 Å². The Balaban J connectivity index is 2.62. The van der Waals surface area contributed by atoms with Crippen LogP contribution in [0.3, 0.4) is 0 Å². The smallest absolute Gasteiger partial charge is 0.276 e. The second kappa shape index (κ2) is 6.57. The zero-order valence-electron chi connectivity index (χ0n) is 13.0. The highest BCUT2D eigenvalue weighted by Crippen LogP contribution is 2.17. The van der Waals surface area contributed by atoms with Gasteiger partial charge in [-0.1, -0.05) is 26.7 Å². The Morgan fingerprint density at radius 1 is 1.24 bits per heavy atom. The van der Waals surface area contributed by atoms with Crippen LogP contribution in [0.15, 0.2) is 4.79 Å². The molecule has 0 spiro atoms. The molecule has 0 aliphatic heterocycles. The zero-order valence-corrected chi connectivity index (χ0v) is 13.0. The van der Waals surface area contributed by atoms with Crippen molar-refractivity contribution in [2.75, 3.05) is 0 Å². The number of hydrogen-bond acceptors (Lipinski definition) is 3. The van der Waals surface area contributed by atoms with Gasteiger partial charge in [-0.3, -0.25) is 4.79 Å². The molecule has 21 heavy (non-hydrogen) atoms. The molecule has 0 amide bonds. The van der Waals surface area contributed by atoms with E-state index in [1.807, 2.05) is 6.92 Å². The summed E-state index contributed by atoms with van der Waals surface area (Å²) in [5.74, 6) is 0.775. The molecule has 112 valence electrons. The molecule has 0 saturated heterocycles. The lowest BCUT2D eigenvalue weighted by molar-refractivity contribution is 0.736. The van der Waals surface area contributed by atoms with Crippen molar-refractivity contribution in [2.24, 2.45) is 0 Å². The molecule has 0 saturated carbocycles. The normalized spacial score (nSPS) is 11.0. The number of rotatable bonds is 6. The Bertz CT molecular complexity index is 733. The number of aromatic amines is 1. The molecule has 2 heterocycles. The molecule has 0 bridgehead atoms. The van der Waals surface area contributed by atoms with Crippen LogP contribution >= 0.6 is 0 Å². The number of hydrogen-bond donors (Lipinski definition) is 1. The summed E-state index contributed by atoms with van der Waals surface area (Å²) in [6.07, 6.45) is 5.55. The topological polar surface area (TPSA) is 74.0 Å². The van der Waals surface area contributed by atoms with Gasteiger partial charge in [0.2, 0.25) is 0 Å². The predicted octanol–water partition coefficient (Wildman–Crippen LogP) is 2.89. The minimum absolute atomic E-state index is 0.0889. The molecule has 2 rings (SSSR count). The van der Waals surface area contributed by atoms with Crippen LogP contribution in [0.5, 0.6) is 0 Å². The van der Waals surface area contributed by atoms with Gasteiger partial charge in [0.15, 0.2) is 5.65 Å². The fourth-order valence-corrected chi connectivity index (χ4v) is 2.56. The molecule has 2 aromatic heterocycles. The first-order valence-corrected chi connectivity index (χ1v) is 7.67. The van der Waals surface area contributed by atoms with Crippen LogP contribution in [0.25, 0.3) is 5.65 Å². The van der Waals surface area contributed by atoms with Crippen molar-refractivity contribution >= 4 is 5.65 Å². The summed E-state index contributed by atoms with van der Waals surface area (Å²) < 4.78 is 1.38. The van der Waals surface area contributed by atoms with E-state index >= 15 is 0 Å². The summed E-state index contributed by atoms with van der Waals surface area (Å²) in [7, 11) is 0. The summed E-state index contributed by atoms with van der Waals surface area (Å²) in [5.41, 5.74) is 2.50. The minimum atomic E-state index is -0.0889. The van der Waals surface area contributed by atoms with Gasteiger partial charge in [0.25, 0.3) is 5.56 Å². The summed E-state index contributed by atoms with van der Waals surface area (Å²) in [4.78, 5) is 15.7. The van der Waals surface area contributed by atoms with E-state index in [0.717, 1.165) is 49.1 Å². The number of nitrogens with zero attached hydrogens (tertiary/aromatic N) is 3. The maximum Gasteiger partial charge on any atom is 0.276 e. The van der Waals surface area contributed by atoms with Crippen molar-refractivity contribution in [1.82, 2.24) is 14.6 Å². The van der Waals surface area contributed by atoms with E-state index in [4.69, 9.17) is 0 Å². The second-order valence-corrected chi connectivity index (χ2v) is 5.43. The number of aryl methyl sites for hydroxylation is 1. The monoisotopic (exact) mass is 286 g/mol. The lowest BCUT2D eigenvalue weighted by Gasteiger charge is -2.06. The van der Waals surface area contributed by atoms with E-state index in [0.29, 0.717) is 17.6 Å². The number of unbranched alkanes of at least 4 members (excludes halogenated alkanes) is 2. The Hall–Kier alpha value is -2.09. The van der Waals surface area contributed by atoms with Crippen molar-refractivity contribution in [2.45, 2.75) is 59.3 Å². The molecular weight excluding hydrogens is 264 g/mol. The maximum absolute atomic E-state index is 12.6. The Kier molecular flexibility index (Phi) is 4.79. The van der Waals surface area contributed by atoms with Gasteiger partial charge in [0.1, 0.15) is 11.9 Å². The van der Waals surface area contributed by atoms with Gasteiger partial charge in [0, 0.05) is 12.0 Å². The van der Waals surface area contributed by atoms with Gasteiger partial charge in [-0.05, 0) is 31.7 Å². The van der Waals surface area contributed by atoms with Gasteiger partial charge in [-0.25, -0.2) is 0 Å². The quantitative estimate of drug-likeness (QED) is 0.887. The van der Waals surface area contributed by atoms with Crippen LogP contribution in [-0.2, 0) is 12.8 Å². The molecule has 5 heteroatoms. The van der Waals surface area contributed by atoms with E-state index in [2.05, 4.69) is 30.0 Å². The fourth-order valence-electron chi connectivity index (χ4n) is 2.56. The van der Waals surface area contributed by atoms with Crippen LogP contribution in [-0.4, -0.2) is 14.6 Å². The van der Waals surface area contributed by atoms with Crippen LogP contribution in [0.2, 0.25) is 0 Å². The Morgan fingerprint density at radius 3 is 2.52 bits per heavy atom. The molecule has 1 N–H and O–H groups in total. The lowest BCUT2D eigenvalue weighted by atomic mass is 10.0. The Morgan fingerprint density at radius 2 is 1.90 bits per heavy atom. The average Bonchev–Trinajstić information content (AvgIpc) is 2.90. The van der Waals surface area contributed by atoms with Crippen LogP contribution in [0, 0.1) is 18.3 Å². The van der Waals surface area contributed by atoms with Gasteiger partial charge < -0.3 is 4.98 Å². The van der Waals surface area contributed by atoms with Crippen molar-refractivity contribution < 1.29 is 0 Å². The van der Waals surface area contributed by atoms with Crippen LogP contribution in [0.1, 0.15) is 62.0 Å². The molecule has 0 aliphatic carbocycles. The fraction of sp³-hybridized carbons (Fsp3) is 0.562. The van der Waals surface area contributed by atoms with E-state index in [1.54, 1.807) is 0 Å². The highest BCUT2D eigenvalue weighted by molar-refractivity contribution is 5.60. The predicted molar refractivity (Wildman–Crippen MR) is 82.5 cm³/mol. The SMILES string of the molecule is CCCCc1nn2c(=O)c(CCCC)c(C)c(C#N)c2[nH]1. The average molecular weight is 286 g/mol. The van der Waals surface area contributed by atoms with Gasteiger partial charge in [-0.2, -0.15) is 14.9 Å². The van der Waals surface area contributed by atoms with Crippen molar-refractivity contribution in [1.29, 1.82) is 5.26 Å². The first-order chi connectivity index (χ1) is 10.1. The highest BCUT2D eigenvalue weighted by atomic mass is 16.1. The minimum Gasteiger partial charge on any atom is -0.326 e. The Labute approximate surface area is 124 Å². The summed E-state index contributed by atoms with van der Waals surface area (Å²) in [6, 6.07) is 2.22. The number of aromatic nitrogens is 3. The lowest BCUT2D eigenvalue weighted by Crippen LogP contribution is -2.22. The number of pyridine rings is 1. The standard InChI is InChI=1S/C16H22N4O/c1-4-6-8-12-11(3)13(10-17)15-18-14(9-7-5-2)19-20(15)16(12)21/h4-9H2,1-3H3,(H,18,19).